The van der Waals surface area contributed by atoms with Crippen LogP contribution < -0.4 is 10.6 Å². The van der Waals surface area contributed by atoms with Gasteiger partial charge < -0.3 is 10.6 Å². The van der Waals surface area contributed by atoms with Crippen molar-refractivity contribution in [3.63, 3.8) is 0 Å². The number of amides is 1. The SMILES string of the molecule is CC(NC(=O)c1cccc2nccnc12)C1CCCNC1. The summed E-state index contributed by atoms with van der Waals surface area (Å²) < 4.78 is 0. The summed E-state index contributed by atoms with van der Waals surface area (Å²) >= 11 is 0. The highest BCUT2D eigenvalue weighted by molar-refractivity contribution is 6.04. The molecular formula is C16H20N4O. The maximum Gasteiger partial charge on any atom is 0.253 e. The largest absolute Gasteiger partial charge is 0.349 e. The lowest BCUT2D eigenvalue weighted by Gasteiger charge is -2.29. The number of piperidine rings is 1. The van der Waals surface area contributed by atoms with Crippen LogP contribution in [0.15, 0.2) is 30.6 Å². The maximum atomic E-state index is 12.5. The zero-order valence-electron chi connectivity index (χ0n) is 12.2. The van der Waals surface area contributed by atoms with Crippen molar-refractivity contribution < 1.29 is 4.79 Å². The quantitative estimate of drug-likeness (QED) is 0.901. The molecule has 5 heteroatoms. The second-order valence-corrected chi connectivity index (χ2v) is 5.60. The van der Waals surface area contributed by atoms with Gasteiger partial charge in [-0.25, -0.2) is 0 Å². The lowest BCUT2D eigenvalue weighted by molar-refractivity contribution is 0.0923. The number of carbonyl (C=O) groups excluding carboxylic acids is 1. The van der Waals surface area contributed by atoms with Gasteiger partial charge in [-0.1, -0.05) is 6.07 Å². The van der Waals surface area contributed by atoms with Crippen molar-refractivity contribution in [1.82, 2.24) is 20.6 Å². The van der Waals surface area contributed by atoms with E-state index in [-0.39, 0.29) is 11.9 Å². The van der Waals surface area contributed by atoms with Crippen molar-refractivity contribution in [3.8, 4) is 0 Å². The van der Waals surface area contributed by atoms with Crippen LogP contribution in [0.5, 0.6) is 0 Å². The molecule has 2 aromatic rings. The van der Waals surface area contributed by atoms with Crippen LogP contribution in [0.2, 0.25) is 0 Å². The number of hydrogen-bond donors (Lipinski definition) is 2. The van der Waals surface area contributed by atoms with Gasteiger partial charge in [0, 0.05) is 18.4 Å². The van der Waals surface area contributed by atoms with Gasteiger partial charge in [0.2, 0.25) is 0 Å². The maximum absolute atomic E-state index is 12.5. The van der Waals surface area contributed by atoms with Crippen LogP contribution >= 0.6 is 0 Å². The highest BCUT2D eigenvalue weighted by Crippen LogP contribution is 2.17. The van der Waals surface area contributed by atoms with Crippen molar-refractivity contribution >= 4 is 16.9 Å². The second kappa shape index (κ2) is 6.18. The number of rotatable bonds is 3. The van der Waals surface area contributed by atoms with E-state index < -0.39 is 0 Å². The van der Waals surface area contributed by atoms with Gasteiger partial charge in [0.25, 0.3) is 5.91 Å². The summed E-state index contributed by atoms with van der Waals surface area (Å²) in [5, 5.41) is 6.50. The average molecular weight is 284 g/mol. The molecule has 1 aromatic carbocycles. The summed E-state index contributed by atoms with van der Waals surface area (Å²) in [7, 11) is 0. The molecule has 1 saturated heterocycles. The standard InChI is InChI=1S/C16H20N4O/c1-11(12-4-3-7-17-10-12)20-16(21)13-5-2-6-14-15(13)19-9-8-18-14/h2,5-6,8-9,11-12,17H,3-4,7,10H2,1H3,(H,20,21). The molecule has 0 bridgehead atoms. The molecule has 5 nitrogen and oxygen atoms in total. The van der Waals surface area contributed by atoms with E-state index in [0.29, 0.717) is 17.0 Å². The minimum atomic E-state index is -0.0702. The van der Waals surface area contributed by atoms with Gasteiger partial charge in [-0.3, -0.25) is 14.8 Å². The molecule has 1 fully saturated rings. The normalized spacial score (nSPS) is 20.1. The lowest BCUT2D eigenvalue weighted by Crippen LogP contribution is -2.44. The van der Waals surface area contributed by atoms with Gasteiger partial charge in [0.15, 0.2) is 0 Å². The Morgan fingerprint density at radius 1 is 1.38 bits per heavy atom. The number of carbonyl (C=O) groups is 1. The Morgan fingerprint density at radius 2 is 2.24 bits per heavy atom. The molecule has 21 heavy (non-hydrogen) atoms. The van der Waals surface area contributed by atoms with Crippen molar-refractivity contribution in [1.29, 1.82) is 0 Å². The zero-order valence-corrected chi connectivity index (χ0v) is 12.2. The molecular weight excluding hydrogens is 264 g/mol. The number of hydrogen-bond acceptors (Lipinski definition) is 4. The molecule has 2 heterocycles. The topological polar surface area (TPSA) is 66.9 Å². The van der Waals surface area contributed by atoms with Crippen molar-refractivity contribution in [2.45, 2.75) is 25.8 Å². The fraction of sp³-hybridized carbons (Fsp3) is 0.438. The summed E-state index contributed by atoms with van der Waals surface area (Å²) in [6.45, 7) is 4.12. The molecule has 2 N–H and O–H groups in total. The van der Waals surface area contributed by atoms with Crippen molar-refractivity contribution in [2.24, 2.45) is 5.92 Å². The van der Waals surface area contributed by atoms with E-state index >= 15 is 0 Å². The van der Waals surface area contributed by atoms with Crippen LogP contribution in [0, 0.1) is 5.92 Å². The number of nitrogens with one attached hydrogen (secondary N) is 2. The summed E-state index contributed by atoms with van der Waals surface area (Å²) in [5.41, 5.74) is 2.00. The van der Waals surface area contributed by atoms with Gasteiger partial charge in [-0.05, 0) is 50.9 Å². The molecule has 1 aliphatic heterocycles. The highest BCUT2D eigenvalue weighted by atomic mass is 16.1. The van der Waals surface area contributed by atoms with Crippen molar-refractivity contribution in [2.75, 3.05) is 13.1 Å². The first-order valence-corrected chi connectivity index (χ1v) is 7.47. The minimum absolute atomic E-state index is 0.0702. The molecule has 1 aliphatic rings. The van der Waals surface area contributed by atoms with Gasteiger partial charge in [0.05, 0.1) is 11.1 Å². The van der Waals surface area contributed by atoms with Gasteiger partial charge in [0.1, 0.15) is 5.52 Å². The molecule has 1 aromatic heterocycles. The molecule has 2 atom stereocenters. The molecule has 0 saturated carbocycles. The second-order valence-electron chi connectivity index (χ2n) is 5.60. The first-order valence-electron chi connectivity index (χ1n) is 7.47. The third kappa shape index (κ3) is 3.03. The lowest BCUT2D eigenvalue weighted by atomic mass is 9.92. The Kier molecular flexibility index (Phi) is 4.10. The smallest absolute Gasteiger partial charge is 0.253 e. The highest BCUT2D eigenvalue weighted by Gasteiger charge is 2.22. The third-order valence-corrected chi connectivity index (χ3v) is 4.14. The van der Waals surface area contributed by atoms with E-state index in [1.54, 1.807) is 18.5 Å². The summed E-state index contributed by atoms with van der Waals surface area (Å²) in [6, 6.07) is 5.67. The van der Waals surface area contributed by atoms with E-state index in [0.717, 1.165) is 25.0 Å². The Hall–Kier alpha value is -2.01. The molecule has 110 valence electrons. The van der Waals surface area contributed by atoms with Gasteiger partial charge in [-0.2, -0.15) is 0 Å². The van der Waals surface area contributed by atoms with Gasteiger partial charge in [-0.15, -0.1) is 0 Å². The average Bonchev–Trinajstić information content (AvgIpc) is 2.55. The number of aromatic nitrogens is 2. The monoisotopic (exact) mass is 284 g/mol. The van der Waals surface area contributed by atoms with Gasteiger partial charge >= 0.3 is 0 Å². The van der Waals surface area contributed by atoms with Crippen LogP contribution in [0.4, 0.5) is 0 Å². The summed E-state index contributed by atoms with van der Waals surface area (Å²) in [6.07, 6.45) is 5.59. The van der Waals surface area contributed by atoms with Crippen LogP contribution in [-0.4, -0.2) is 35.0 Å². The fourth-order valence-corrected chi connectivity index (χ4v) is 2.88. The van der Waals surface area contributed by atoms with E-state index in [9.17, 15) is 4.79 Å². The summed E-state index contributed by atoms with van der Waals surface area (Å²) in [4.78, 5) is 21.0. The molecule has 1 amide bonds. The van der Waals surface area contributed by atoms with E-state index in [4.69, 9.17) is 0 Å². The van der Waals surface area contributed by atoms with E-state index in [1.807, 2.05) is 12.1 Å². The van der Waals surface area contributed by atoms with E-state index in [2.05, 4.69) is 27.5 Å². The summed E-state index contributed by atoms with van der Waals surface area (Å²) in [5.74, 6) is 0.419. The number of nitrogens with zero attached hydrogens (tertiary/aromatic N) is 2. The molecule has 2 unspecified atom stereocenters. The van der Waals surface area contributed by atoms with Crippen LogP contribution in [-0.2, 0) is 0 Å². The number of benzene rings is 1. The Labute approximate surface area is 124 Å². The first kappa shape index (κ1) is 13.9. The fourth-order valence-electron chi connectivity index (χ4n) is 2.88. The Balaban J connectivity index is 1.77. The number of para-hydroxylation sites is 1. The predicted octanol–water partition coefficient (Wildman–Crippen LogP) is 1.75. The zero-order chi connectivity index (χ0) is 14.7. The minimum Gasteiger partial charge on any atom is -0.349 e. The molecule has 0 radical (unpaired) electrons. The predicted molar refractivity (Wildman–Crippen MR) is 82.1 cm³/mol. The Bertz CT molecular complexity index is 632. The van der Waals surface area contributed by atoms with Crippen LogP contribution in [0.3, 0.4) is 0 Å². The molecule has 0 aliphatic carbocycles. The number of fused-ring (bicyclic) bond motifs is 1. The van der Waals surface area contributed by atoms with E-state index in [1.165, 1.54) is 6.42 Å². The molecule has 3 rings (SSSR count). The molecule has 0 spiro atoms. The van der Waals surface area contributed by atoms with Crippen LogP contribution in [0.1, 0.15) is 30.1 Å². The van der Waals surface area contributed by atoms with Crippen molar-refractivity contribution in [3.05, 3.63) is 36.2 Å². The first-order chi connectivity index (χ1) is 10.3. The van der Waals surface area contributed by atoms with Crippen LogP contribution in [0.25, 0.3) is 11.0 Å². The third-order valence-electron chi connectivity index (χ3n) is 4.14. The Morgan fingerprint density at radius 3 is 3.05 bits per heavy atom.